The van der Waals surface area contributed by atoms with Gasteiger partial charge in [0.1, 0.15) is 0 Å². The van der Waals surface area contributed by atoms with Crippen molar-refractivity contribution in [3.05, 3.63) is 59.2 Å². The molecule has 2 aromatic carbocycles. The highest BCUT2D eigenvalue weighted by molar-refractivity contribution is 5.98. The highest BCUT2D eigenvalue weighted by atomic mass is 16.7. The summed E-state index contributed by atoms with van der Waals surface area (Å²) < 4.78 is 11.1. The first-order valence-corrected chi connectivity index (χ1v) is 15.9. The Hall–Kier alpha value is -3.63. The van der Waals surface area contributed by atoms with Crippen molar-refractivity contribution in [2.75, 3.05) is 60.2 Å². The number of likely N-dealkylation sites (tertiary alicyclic amines) is 1. The number of carbonyl (C=O) groups excluding carboxylic acids is 2. The lowest BCUT2D eigenvalue weighted by Crippen LogP contribution is -2.45. The van der Waals surface area contributed by atoms with Gasteiger partial charge in [-0.3, -0.25) is 19.3 Å². The number of hydrogen-bond donors (Lipinski definition) is 1. The van der Waals surface area contributed by atoms with E-state index in [9.17, 15) is 19.5 Å². The van der Waals surface area contributed by atoms with Gasteiger partial charge in [-0.05, 0) is 75.6 Å². The number of rotatable bonds is 15. The molecule has 2 amide bonds. The average Bonchev–Trinajstić information content (AvgIpc) is 3.70. The molecule has 238 valence electrons. The Morgan fingerprint density at radius 2 is 1.75 bits per heavy atom. The Morgan fingerprint density at radius 3 is 2.50 bits per heavy atom. The molecule has 3 heterocycles. The molecule has 3 aliphatic heterocycles. The zero-order valence-corrected chi connectivity index (χ0v) is 26.2. The Balaban J connectivity index is 1.36. The molecule has 44 heavy (non-hydrogen) atoms. The Bertz CT molecular complexity index is 1330. The minimum atomic E-state index is -0.893. The quantitative estimate of drug-likeness (QED) is 0.305. The SMILES string of the molecule is CCCCN(CCCCN(C)C)C(=O)CN1C[C@H](c2ccc3c(c2)OCO3)[C@@H](C(=O)O)[C@@H]1CCN1Cc2ccccc2C1=O. The Morgan fingerprint density at radius 1 is 1.00 bits per heavy atom. The second kappa shape index (κ2) is 14.4. The van der Waals surface area contributed by atoms with Crippen LogP contribution in [0, 0.1) is 5.92 Å². The number of aliphatic carboxylic acids is 1. The number of benzene rings is 2. The number of carboxylic acid groups (broad SMARTS) is 1. The fraction of sp³-hybridized carbons (Fsp3) is 0.559. The van der Waals surface area contributed by atoms with E-state index in [0.717, 1.165) is 43.4 Å². The summed E-state index contributed by atoms with van der Waals surface area (Å²) in [5.74, 6) is -0.702. The van der Waals surface area contributed by atoms with Crippen LogP contribution in [-0.4, -0.2) is 109 Å². The first kappa shape index (κ1) is 31.8. The first-order chi connectivity index (χ1) is 21.3. The van der Waals surface area contributed by atoms with Crippen molar-refractivity contribution >= 4 is 17.8 Å². The van der Waals surface area contributed by atoms with E-state index in [1.165, 1.54) is 0 Å². The van der Waals surface area contributed by atoms with Crippen molar-refractivity contribution in [1.29, 1.82) is 0 Å². The smallest absolute Gasteiger partial charge is 0.308 e. The number of ether oxygens (including phenoxy) is 2. The van der Waals surface area contributed by atoms with E-state index >= 15 is 0 Å². The van der Waals surface area contributed by atoms with Gasteiger partial charge in [-0.25, -0.2) is 0 Å². The topological polar surface area (TPSA) is 103 Å². The molecule has 1 fully saturated rings. The van der Waals surface area contributed by atoms with E-state index in [-0.39, 0.29) is 31.1 Å². The van der Waals surface area contributed by atoms with Crippen molar-refractivity contribution in [2.24, 2.45) is 5.92 Å². The van der Waals surface area contributed by atoms with Gasteiger partial charge in [0.05, 0.1) is 12.5 Å². The Labute approximate surface area is 260 Å². The molecule has 0 aliphatic carbocycles. The fourth-order valence-corrected chi connectivity index (χ4v) is 6.83. The molecular formula is C34H46N4O6. The summed E-state index contributed by atoms with van der Waals surface area (Å²) in [5, 5.41) is 10.6. The minimum absolute atomic E-state index is 0.0242. The van der Waals surface area contributed by atoms with Gasteiger partial charge in [0.25, 0.3) is 5.91 Å². The maximum absolute atomic E-state index is 13.8. The Kier molecular flexibility index (Phi) is 10.4. The normalized spacial score (nSPS) is 20.9. The molecule has 10 nitrogen and oxygen atoms in total. The lowest BCUT2D eigenvalue weighted by atomic mass is 9.84. The summed E-state index contributed by atoms with van der Waals surface area (Å²) in [6.07, 6.45) is 4.31. The van der Waals surface area contributed by atoms with Gasteiger partial charge >= 0.3 is 5.97 Å². The van der Waals surface area contributed by atoms with Crippen molar-refractivity contribution in [3.63, 3.8) is 0 Å². The fourth-order valence-electron chi connectivity index (χ4n) is 6.83. The third-order valence-electron chi connectivity index (χ3n) is 9.21. The molecule has 0 bridgehead atoms. The summed E-state index contributed by atoms with van der Waals surface area (Å²) in [6, 6.07) is 12.8. The van der Waals surface area contributed by atoms with Gasteiger partial charge in [0.15, 0.2) is 11.5 Å². The second-order valence-corrected chi connectivity index (χ2v) is 12.5. The largest absolute Gasteiger partial charge is 0.481 e. The van der Waals surface area contributed by atoms with Crippen molar-refractivity contribution in [2.45, 2.75) is 57.5 Å². The van der Waals surface area contributed by atoms with Crippen LogP contribution in [0.5, 0.6) is 11.5 Å². The standard InChI is InChI=1S/C34H46N4O6/c1-4-5-16-36(17-9-8-15-35(2)3)31(39)22-38-21-27(24-12-13-29-30(19-24)44-23-43-29)32(34(41)42)28(38)14-18-37-20-25-10-6-7-11-26(25)33(37)40/h6-7,10-13,19,27-28,32H,4-5,8-9,14-18,20-23H2,1-3H3,(H,41,42)/t27-,28+,32-/m1/s1. The predicted octanol–water partition coefficient (Wildman–Crippen LogP) is 3.90. The zero-order chi connectivity index (χ0) is 31.2. The maximum Gasteiger partial charge on any atom is 0.308 e. The molecule has 1 N–H and O–H groups in total. The first-order valence-electron chi connectivity index (χ1n) is 15.9. The molecule has 2 aromatic rings. The van der Waals surface area contributed by atoms with E-state index < -0.39 is 17.9 Å². The number of hydrogen-bond acceptors (Lipinski definition) is 7. The predicted molar refractivity (Wildman–Crippen MR) is 167 cm³/mol. The van der Waals surface area contributed by atoms with Crippen LogP contribution >= 0.6 is 0 Å². The van der Waals surface area contributed by atoms with Gasteiger partial charge in [0, 0.05) is 50.2 Å². The van der Waals surface area contributed by atoms with Gasteiger partial charge < -0.3 is 29.3 Å². The lowest BCUT2D eigenvalue weighted by Gasteiger charge is -2.31. The van der Waals surface area contributed by atoms with Crippen LogP contribution in [0.25, 0.3) is 0 Å². The van der Waals surface area contributed by atoms with Gasteiger partial charge in [0.2, 0.25) is 12.7 Å². The molecule has 0 spiro atoms. The van der Waals surface area contributed by atoms with Crippen molar-refractivity contribution < 1.29 is 29.0 Å². The molecule has 0 aromatic heterocycles. The molecule has 10 heteroatoms. The summed E-state index contributed by atoms with van der Waals surface area (Å²) in [7, 11) is 4.11. The molecule has 1 saturated heterocycles. The third-order valence-corrected chi connectivity index (χ3v) is 9.21. The second-order valence-electron chi connectivity index (χ2n) is 12.5. The molecule has 3 atom stereocenters. The zero-order valence-electron chi connectivity index (χ0n) is 26.2. The summed E-state index contributed by atoms with van der Waals surface area (Å²) >= 11 is 0. The van der Waals surface area contributed by atoms with Crippen LogP contribution < -0.4 is 9.47 Å². The number of nitrogens with zero attached hydrogens (tertiary/aromatic N) is 4. The van der Waals surface area contributed by atoms with Gasteiger partial charge in [-0.2, -0.15) is 0 Å². The molecule has 0 saturated carbocycles. The third kappa shape index (κ3) is 7.18. The maximum atomic E-state index is 13.8. The van der Waals surface area contributed by atoms with Crippen LogP contribution in [0.15, 0.2) is 42.5 Å². The number of amides is 2. The van der Waals surface area contributed by atoms with E-state index in [1.807, 2.05) is 47.4 Å². The van der Waals surface area contributed by atoms with Crippen LogP contribution in [0.4, 0.5) is 0 Å². The number of unbranched alkanes of at least 4 members (excludes halogenated alkanes) is 2. The summed E-state index contributed by atoms with van der Waals surface area (Å²) in [5.41, 5.74) is 2.56. The summed E-state index contributed by atoms with van der Waals surface area (Å²) in [6.45, 7) is 6.15. The molecule has 5 rings (SSSR count). The van der Waals surface area contributed by atoms with Crippen LogP contribution in [0.3, 0.4) is 0 Å². The number of fused-ring (bicyclic) bond motifs is 2. The van der Waals surface area contributed by atoms with Gasteiger partial charge in [-0.15, -0.1) is 0 Å². The van der Waals surface area contributed by atoms with Crippen molar-refractivity contribution in [3.8, 4) is 11.5 Å². The van der Waals surface area contributed by atoms with E-state index in [0.29, 0.717) is 56.2 Å². The van der Waals surface area contributed by atoms with E-state index in [1.54, 1.807) is 4.90 Å². The van der Waals surface area contributed by atoms with E-state index in [4.69, 9.17) is 9.47 Å². The van der Waals surface area contributed by atoms with Crippen LogP contribution in [0.2, 0.25) is 0 Å². The lowest BCUT2D eigenvalue weighted by molar-refractivity contribution is -0.144. The molecule has 3 aliphatic rings. The summed E-state index contributed by atoms with van der Waals surface area (Å²) in [4.78, 5) is 47.9. The monoisotopic (exact) mass is 606 g/mol. The average molecular weight is 607 g/mol. The van der Waals surface area contributed by atoms with E-state index in [2.05, 4.69) is 30.8 Å². The van der Waals surface area contributed by atoms with Crippen LogP contribution in [0.1, 0.15) is 66.4 Å². The van der Waals surface area contributed by atoms with Gasteiger partial charge in [-0.1, -0.05) is 37.6 Å². The molecular weight excluding hydrogens is 560 g/mol. The van der Waals surface area contributed by atoms with Crippen molar-refractivity contribution in [1.82, 2.24) is 19.6 Å². The highest BCUT2D eigenvalue weighted by Crippen LogP contribution is 2.43. The number of carbonyl (C=O) groups is 3. The number of carboxylic acids is 1. The molecule has 0 radical (unpaired) electrons. The minimum Gasteiger partial charge on any atom is -0.481 e. The van der Waals surface area contributed by atoms with Crippen LogP contribution in [-0.2, 0) is 16.1 Å². The highest BCUT2D eigenvalue weighted by Gasteiger charge is 2.47. The molecule has 0 unspecified atom stereocenters.